The molecule has 0 aromatic carbocycles. The fourth-order valence-electron chi connectivity index (χ4n) is 2.18. The molecule has 1 aromatic heterocycles. The van der Waals surface area contributed by atoms with Crippen molar-refractivity contribution >= 4 is 15.9 Å². The van der Waals surface area contributed by atoms with E-state index in [4.69, 9.17) is 0 Å². The lowest BCUT2D eigenvalue weighted by Crippen LogP contribution is -2.25. The van der Waals surface area contributed by atoms with Gasteiger partial charge in [0.15, 0.2) is 0 Å². The molecule has 1 aromatic rings. The van der Waals surface area contributed by atoms with Gasteiger partial charge in [0, 0.05) is 5.92 Å². The Morgan fingerprint density at radius 3 is 2.86 bits per heavy atom. The molecule has 4 heteroatoms. The summed E-state index contributed by atoms with van der Waals surface area (Å²) < 4.78 is 3.21. The second kappa shape index (κ2) is 3.07. The zero-order chi connectivity index (χ0) is 9.71. The molecule has 0 radical (unpaired) electrons. The Labute approximate surface area is 91.3 Å². The minimum atomic E-state index is -0.180. The number of halogens is 1. The predicted octanol–water partition coefficient (Wildman–Crippen LogP) is 1.83. The molecule has 1 aliphatic carbocycles. The summed E-state index contributed by atoms with van der Waals surface area (Å²) in [6.07, 6.45) is 4.16. The molecule has 1 atom stereocenters. The second-order valence-corrected chi connectivity index (χ2v) is 5.04. The van der Waals surface area contributed by atoms with Crippen molar-refractivity contribution in [2.75, 3.05) is 0 Å². The first kappa shape index (κ1) is 8.92. The minimum absolute atomic E-state index is 0.180. The largest absolute Gasteiger partial charge is 0.391 e. The van der Waals surface area contributed by atoms with E-state index in [0.29, 0.717) is 5.92 Å². The molecule has 2 aliphatic rings. The molecule has 2 heterocycles. The van der Waals surface area contributed by atoms with Crippen LogP contribution in [0.25, 0.3) is 0 Å². The van der Waals surface area contributed by atoms with Crippen LogP contribution in [0.15, 0.2) is 4.60 Å². The van der Waals surface area contributed by atoms with Gasteiger partial charge >= 0.3 is 0 Å². The highest BCUT2D eigenvalue weighted by molar-refractivity contribution is 9.10. The Morgan fingerprint density at radius 2 is 2.14 bits per heavy atom. The van der Waals surface area contributed by atoms with Gasteiger partial charge in [-0.3, -0.25) is 0 Å². The van der Waals surface area contributed by atoms with Gasteiger partial charge in [0.25, 0.3) is 0 Å². The van der Waals surface area contributed by atoms with Crippen molar-refractivity contribution in [2.45, 2.75) is 44.2 Å². The Bertz CT molecular complexity index is 370. The standard InChI is InChI=1S/C10H13BrN2O/c11-9-8-4-3-7(14)5-13(8)10(12-9)6-1-2-6/h6-7,14H,1-5H2. The zero-order valence-corrected chi connectivity index (χ0v) is 9.50. The molecular formula is C10H13BrN2O. The van der Waals surface area contributed by atoms with Gasteiger partial charge in [-0.2, -0.15) is 0 Å². The number of imidazole rings is 1. The number of hydrogen-bond donors (Lipinski definition) is 1. The first-order chi connectivity index (χ1) is 6.75. The number of rotatable bonds is 1. The van der Waals surface area contributed by atoms with Crippen molar-refractivity contribution < 1.29 is 5.11 Å². The Hall–Kier alpha value is -0.350. The normalized spacial score (nSPS) is 26.3. The number of aliphatic hydroxyl groups excluding tert-OH is 1. The first-order valence-electron chi connectivity index (χ1n) is 5.18. The number of aromatic nitrogens is 2. The average molecular weight is 257 g/mol. The minimum Gasteiger partial charge on any atom is -0.391 e. The molecule has 1 fully saturated rings. The van der Waals surface area contributed by atoms with Crippen molar-refractivity contribution in [1.82, 2.24) is 9.55 Å². The van der Waals surface area contributed by atoms with Crippen LogP contribution in [0.5, 0.6) is 0 Å². The van der Waals surface area contributed by atoms with Gasteiger partial charge in [-0.25, -0.2) is 4.98 Å². The third kappa shape index (κ3) is 1.32. The fourth-order valence-corrected chi connectivity index (χ4v) is 2.77. The maximum Gasteiger partial charge on any atom is 0.127 e. The maximum absolute atomic E-state index is 9.63. The van der Waals surface area contributed by atoms with Crippen molar-refractivity contribution in [3.8, 4) is 0 Å². The summed E-state index contributed by atoms with van der Waals surface area (Å²) >= 11 is 3.51. The topological polar surface area (TPSA) is 38.1 Å². The SMILES string of the molecule is OC1CCc2c(Br)nc(C3CC3)n2C1. The van der Waals surface area contributed by atoms with Gasteiger partial charge in [-0.1, -0.05) is 0 Å². The monoisotopic (exact) mass is 256 g/mol. The molecule has 3 rings (SSSR count). The van der Waals surface area contributed by atoms with Crippen molar-refractivity contribution in [2.24, 2.45) is 0 Å². The van der Waals surface area contributed by atoms with Gasteiger partial charge in [0.05, 0.1) is 18.3 Å². The van der Waals surface area contributed by atoms with Gasteiger partial charge in [0.1, 0.15) is 10.4 Å². The molecule has 0 spiro atoms. The third-order valence-electron chi connectivity index (χ3n) is 3.10. The van der Waals surface area contributed by atoms with E-state index in [1.165, 1.54) is 24.4 Å². The second-order valence-electron chi connectivity index (χ2n) is 4.28. The van der Waals surface area contributed by atoms with Crippen LogP contribution in [0, 0.1) is 0 Å². The van der Waals surface area contributed by atoms with Crippen molar-refractivity contribution in [3.05, 3.63) is 16.1 Å². The molecule has 76 valence electrons. The van der Waals surface area contributed by atoms with Crippen LogP contribution in [0.3, 0.4) is 0 Å². The number of nitrogens with zero attached hydrogens (tertiary/aromatic N) is 2. The Kier molecular flexibility index (Phi) is 1.96. The van der Waals surface area contributed by atoms with E-state index in [0.717, 1.165) is 24.0 Å². The van der Waals surface area contributed by atoms with Gasteiger partial charge < -0.3 is 9.67 Å². The first-order valence-corrected chi connectivity index (χ1v) is 5.98. The van der Waals surface area contributed by atoms with Crippen molar-refractivity contribution in [3.63, 3.8) is 0 Å². The van der Waals surface area contributed by atoms with E-state index in [2.05, 4.69) is 25.5 Å². The highest BCUT2D eigenvalue weighted by atomic mass is 79.9. The highest BCUT2D eigenvalue weighted by Gasteiger charge is 2.32. The summed E-state index contributed by atoms with van der Waals surface area (Å²) in [6.45, 7) is 0.736. The summed E-state index contributed by atoms with van der Waals surface area (Å²) in [4.78, 5) is 4.56. The number of hydrogen-bond acceptors (Lipinski definition) is 2. The van der Waals surface area contributed by atoms with Crippen LogP contribution in [0.2, 0.25) is 0 Å². The molecule has 0 amide bonds. The van der Waals surface area contributed by atoms with Crippen LogP contribution in [-0.4, -0.2) is 20.8 Å². The smallest absolute Gasteiger partial charge is 0.127 e. The summed E-state index contributed by atoms with van der Waals surface area (Å²) in [5, 5.41) is 9.63. The van der Waals surface area contributed by atoms with Crippen LogP contribution in [0.4, 0.5) is 0 Å². The van der Waals surface area contributed by atoms with Gasteiger partial charge in [-0.05, 0) is 41.6 Å². The van der Waals surface area contributed by atoms with E-state index in [1.54, 1.807) is 0 Å². The fraction of sp³-hybridized carbons (Fsp3) is 0.700. The van der Waals surface area contributed by atoms with Crippen LogP contribution < -0.4 is 0 Å². The quantitative estimate of drug-likeness (QED) is 0.833. The van der Waals surface area contributed by atoms with Crippen molar-refractivity contribution in [1.29, 1.82) is 0 Å². The molecule has 1 unspecified atom stereocenters. The molecule has 14 heavy (non-hydrogen) atoms. The zero-order valence-electron chi connectivity index (χ0n) is 7.91. The van der Waals surface area contributed by atoms with E-state index < -0.39 is 0 Å². The van der Waals surface area contributed by atoms with Crippen LogP contribution >= 0.6 is 15.9 Å². The van der Waals surface area contributed by atoms with Gasteiger partial charge in [-0.15, -0.1) is 0 Å². The maximum atomic E-state index is 9.63. The average Bonchev–Trinajstić information content (AvgIpc) is 2.93. The van der Waals surface area contributed by atoms with Crippen LogP contribution in [-0.2, 0) is 13.0 Å². The van der Waals surface area contributed by atoms with E-state index in [9.17, 15) is 5.11 Å². The molecule has 1 aliphatic heterocycles. The van der Waals surface area contributed by atoms with E-state index in [-0.39, 0.29) is 6.10 Å². The summed E-state index contributed by atoms with van der Waals surface area (Å²) in [7, 11) is 0. The van der Waals surface area contributed by atoms with E-state index >= 15 is 0 Å². The highest BCUT2D eigenvalue weighted by Crippen LogP contribution is 2.41. The lowest BCUT2D eigenvalue weighted by molar-refractivity contribution is 0.130. The third-order valence-corrected chi connectivity index (χ3v) is 3.74. The number of aliphatic hydroxyl groups is 1. The Balaban J connectivity index is 2.05. The lowest BCUT2D eigenvalue weighted by atomic mass is 10.1. The summed E-state index contributed by atoms with van der Waals surface area (Å²) in [5.41, 5.74) is 1.28. The molecule has 1 saturated carbocycles. The molecular weight excluding hydrogens is 244 g/mol. The number of fused-ring (bicyclic) bond motifs is 1. The Morgan fingerprint density at radius 1 is 1.36 bits per heavy atom. The van der Waals surface area contributed by atoms with Crippen LogP contribution in [0.1, 0.15) is 36.7 Å². The summed E-state index contributed by atoms with van der Waals surface area (Å²) in [5.74, 6) is 1.84. The van der Waals surface area contributed by atoms with E-state index in [1.807, 2.05) is 0 Å². The molecule has 0 bridgehead atoms. The molecule has 1 N–H and O–H groups in total. The molecule has 3 nitrogen and oxygen atoms in total. The van der Waals surface area contributed by atoms with Gasteiger partial charge in [0.2, 0.25) is 0 Å². The summed E-state index contributed by atoms with van der Waals surface area (Å²) in [6, 6.07) is 0. The lowest BCUT2D eigenvalue weighted by Gasteiger charge is -2.21. The molecule has 0 saturated heterocycles. The predicted molar refractivity (Wildman–Crippen MR) is 56.2 cm³/mol.